The van der Waals surface area contributed by atoms with E-state index in [0.29, 0.717) is 19.5 Å². The number of thioether (sulfide) groups is 1. The van der Waals surface area contributed by atoms with Crippen LogP contribution in [-0.2, 0) is 14.4 Å². The van der Waals surface area contributed by atoms with Gasteiger partial charge in [-0.15, -0.1) is 0 Å². The van der Waals surface area contributed by atoms with E-state index in [1.165, 1.54) is 19.3 Å². The van der Waals surface area contributed by atoms with Crippen molar-refractivity contribution in [3.63, 3.8) is 0 Å². The lowest BCUT2D eigenvalue weighted by Gasteiger charge is -2.53. The van der Waals surface area contributed by atoms with Gasteiger partial charge in [-0.2, -0.15) is 11.8 Å². The summed E-state index contributed by atoms with van der Waals surface area (Å²) in [7, 11) is 1.74. The first kappa shape index (κ1) is 21.0. The maximum atomic E-state index is 13.0. The van der Waals surface area contributed by atoms with Crippen molar-refractivity contribution in [2.24, 2.45) is 0 Å². The van der Waals surface area contributed by atoms with E-state index in [2.05, 4.69) is 6.92 Å². The number of likely N-dealkylation sites (N-methyl/N-ethyl adjacent to an activating group) is 1. The van der Waals surface area contributed by atoms with Crippen LogP contribution in [0, 0.1) is 0 Å². The fraction of sp³-hybridized carbons (Fsp3) is 0.833. The summed E-state index contributed by atoms with van der Waals surface area (Å²) in [6.07, 6.45) is 8.69. The molecule has 3 amide bonds. The Balaban J connectivity index is 2.13. The second-order valence-electron chi connectivity index (χ2n) is 7.08. The average molecular weight is 385 g/mol. The Hall–Kier alpha value is -1.28. The maximum absolute atomic E-state index is 13.0. The number of fused-ring (bicyclic) bond motifs is 1. The topological polar surface area (TPSA) is 64.2 Å². The Morgan fingerprint density at radius 3 is 2.58 bits per heavy atom. The summed E-state index contributed by atoms with van der Waals surface area (Å²) in [6.45, 7) is 3.42. The number of amides is 3. The number of carbonyl (C=O) groups is 3. The lowest BCUT2D eigenvalue weighted by atomic mass is 10.0. The summed E-state index contributed by atoms with van der Waals surface area (Å²) in [6, 6.07) is -0.458. The number of unbranched alkanes of at least 4 members (excludes halogenated alkanes) is 4. The number of hydrogen-bond donors (Lipinski definition) is 0. The molecule has 0 aromatic carbocycles. The number of carbonyl (C=O) groups excluding carboxylic acids is 3. The third kappa shape index (κ3) is 4.71. The van der Waals surface area contributed by atoms with Crippen molar-refractivity contribution in [2.45, 2.75) is 57.7 Å². The van der Waals surface area contributed by atoms with Crippen molar-refractivity contribution in [3.05, 3.63) is 0 Å². The van der Waals surface area contributed by atoms with Gasteiger partial charge in [0.2, 0.25) is 18.2 Å². The van der Waals surface area contributed by atoms with E-state index >= 15 is 0 Å². The molecule has 2 atom stereocenters. The van der Waals surface area contributed by atoms with Crippen LogP contribution in [0.2, 0.25) is 0 Å². The minimum Gasteiger partial charge on any atom is -0.337 e. The molecule has 148 valence electrons. The predicted octanol–water partition coefficient (Wildman–Crippen LogP) is 1.39. The van der Waals surface area contributed by atoms with Crippen molar-refractivity contribution < 1.29 is 14.4 Å². The number of hydrazine groups is 1. The van der Waals surface area contributed by atoms with Crippen LogP contribution < -0.4 is 0 Å². The zero-order valence-electron chi connectivity index (χ0n) is 16.2. The van der Waals surface area contributed by atoms with Crippen LogP contribution in [-0.4, -0.2) is 88.9 Å². The highest BCUT2D eigenvalue weighted by atomic mass is 32.2. The lowest BCUT2D eigenvalue weighted by molar-refractivity contribution is -0.196. The number of hydrogen-bond acceptors (Lipinski definition) is 5. The van der Waals surface area contributed by atoms with Crippen LogP contribution in [0.4, 0.5) is 0 Å². The molecule has 2 heterocycles. The highest BCUT2D eigenvalue weighted by Crippen LogP contribution is 2.27. The number of rotatable bonds is 10. The smallest absolute Gasteiger partial charge is 0.245 e. The van der Waals surface area contributed by atoms with Gasteiger partial charge in [-0.25, -0.2) is 5.01 Å². The molecule has 2 rings (SSSR count). The van der Waals surface area contributed by atoms with E-state index in [-0.39, 0.29) is 24.5 Å². The molecule has 2 fully saturated rings. The third-order valence-corrected chi connectivity index (χ3v) is 5.87. The molecule has 0 N–H and O–H groups in total. The van der Waals surface area contributed by atoms with E-state index in [9.17, 15) is 14.4 Å². The fourth-order valence-corrected chi connectivity index (χ4v) is 4.26. The zero-order chi connectivity index (χ0) is 19.1. The van der Waals surface area contributed by atoms with Crippen molar-refractivity contribution in [1.82, 2.24) is 19.8 Å². The van der Waals surface area contributed by atoms with E-state index in [4.69, 9.17) is 0 Å². The predicted molar refractivity (Wildman–Crippen MR) is 103 cm³/mol. The molecule has 2 aliphatic rings. The van der Waals surface area contributed by atoms with E-state index in [1.807, 2.05) is 11.2 Å². The average Bonchev–Trinajstić information content (AvgIpc) is 2.61. The first-order valence-electron chi connectivity index (χ1n) is 9.58. The minimum atomic E-state index is -0.458. The molecule has 0 bridgehead atoms. The molecule has 0 aromatic rings. The summed E-state index contributed by atoms with van der Waals surface area (Å²) in [5.41, 5.74) is 0. The molecule has 8 heteroatoms. The van der Waals surface area contributed by atoms with Gasteiger partial charge in [0.25, 0.3) is 0 Å². The van der Waals surface area contributed by atoms with Gasteiger partial charge < -0.3 is 9.80 Å². The van der Waals surface area contributed by atoms with Gasteiger partial charge in [-0.05, 0) is 24.9 Å². The van der Waals surface area contributed by atoms with E-state index in [0.717, 1.165) is 25.0 Å². The van der Waals surface area contributed by atoms with Crippen molar-refractivity contribution in [2.75, 3.05) is 38.7 Å². The largest absolute Gasteiger partial charge is 0.337 e. The molecule has 0 spiro atoms. The summed E-state index contributed by atoms with van der Waals surface area (Å²) in [4.78, 5) is 40.8. The van der Waals surface area contributed by atoms with Gasteiger partial charge >= 0.3 is 0 Å². The Kier molecular flexibility index (Phi) is 8.21. The van der Waals surface area contributed by atoms with Crippen molar-refractivity contribution in [3.8, 4) is 0 Å². The maximum Gasteiger partial charge on any atom is 0.245 e. The van der Waals surface area contributed by atoms with Crippen LogP contribution in [0.3, 0.4) is 0 Å². The molecule has 0 radical (unpaired) electrons. The van der Waals surface area contributed by atoms with Gasteiger partial charge in [0.15, 0.2) is 0 Å². The molecule has 26 heavy (non-hydrogen) atoms. The monoisotopic (exact) mass is 384 g/mol. The Labute approximate surface area is 161 Å². The van der Waals surface area contributed by atoms with Crippen LogP contribution in [0.5, 0.6) is 0 Å². The Morgan fingerprint density at radius 2 is 1.92 bits per heavy atom. The lowest BCUT2D eigenvalue weighted by Crippen LogP contribution is -2.74. The van der Waals surface area contributed by atoms with Gasteiger partial charge in [-0.1, -0.05) is 32.6 Å². The fourth-order valence-electron chi connectivity index (χ4n) is 3.80. The molecular weight excluding hydrogens is 352 g/mol. The molecular formula is C18H32N4O3S. The van der Waals surface area contributed by atoms with E-state index < -0.39 is 6.04 Å². The third-order valence-electron chi connectivity index (χ3n) is 5.22. The normalized spacial score (nSPS) is 24.2. The number of piperazine rings is 1. The van der Waals surface area contributed by atoms with Crippen LogP contribution in [0.25, 0.3) is 0 Å². The molecule has 0 aromatic heterocycles. The quantitative estimate of drug-likeness (QED) is 0.421. The molecule has 7 nitrogen and oxygen atoms in total. The highest BCUT2D eigenvalue weighted by Gasteiger charge is 2.48. The number of nitrogens with zero attached hydrogens (tertiary/aromatic N) is 4. The summed E-state index contributed by atoms with van der Waals surface area (Å²) >= 11 is 1.67. The van der Waals surface area contributed by atoms with Crippen LogP contribution in [0.1, 0.15) is 45.4 Å². The molecule has 0 saturated carbocycles. The SMILES string of the molecule is CCCCCCCN1CC2N(C(=O)CN(C)N2C=O)[C@@H](CCSC)C1=O. The van der Waals surface area contributed by atoms with Crippen LogP contribution >= 0.6 is 11.8 Å². The summed E-state index contributed by atoms with van der Waals surface area (Å²) < 4.78 is 0. The molecule has 1 unspecified atom stereocenters. The zero-order valence-corrected chi connectivity index (χ0v) is 17.0. The van der Waals surface area contributed by atoms with Crippen molar-refractivity contribution in [1.29, 1.82) is 0 Å². The molecule has 2 aliphatic heterocycles. The Morgan fingerprint density at radius 1 is 1.19 bits per heavy atom. The second kappa shape index (κ2) is 10.2. The van der Waals surface area contributed by atoms with Crippen LogP contribution in [0.15, 0.2) is 0 Å². The van der Waals surface area contributed by atoms with Gasteiger partial charge in [0.05, 0.1) is 13.1 Å². The highest BCUT2D eigenvalue weighted by molar-refractivity contribution is 7.98. The van der Waals surface area contributed by atoms with Crippen molar-refractivity contribution >= 4 is 30.0 Å². The first-order valence-corrected chi connectivity index (χ1v) is 11.0. The molecule has 2 saturated heterocycles. The van der Waals surface area contributed by atoms with Gasteiger partial charge in [0.1, 0.15) is 12.2 Å². The van der Waals surface area contributed by atoms with Gasteiger partial charge in [0, 0.05) is 13.6 Å². The standard InChI is InChI=1S/C18H32N4O3S/c1-4-5-6-7-8-10-20-12-16-21(14-23)19(2)13-17(24)22(16)15(18(20)25)9-11-26-3/h14-16H,4-13H2,1-3H3/t15-,16?/m0/s1. The summed E-state index contributed by atoms with van der Waals surface area (Å²) in [5.74, 6) is 0.779. The van der Waals surface area contributed by atoms with E-state index in [1.54, 1.807) is 33.7 Å². The Bertz CT molecular complexity index is 505. The summed E-state index contributed by atoms with van der Waals surface area (Å²) in [5, 5.41) is 3.21. The van der Waals surface area contributed by atoms with Gasteiger partial charge in [-0.3, -0.25) is 19.4 Å². The second-order valence-corrected chi connectivity index (χ2v) is 8.06. The first-order chi connectivity index (χ1) is 12.5. The minimum absolute atomic E-state index is 0.0366. The molecule has 0 aliphatic carbocycles.